The highest BCUT2D eigenvalue weighted by molar-refractivity contribution is 7.17. The summed E-state index contributed by atoms with van der Waals surface area (Å²) in [7, 11) is 0. The first-order valence-corrected chi connectivity index (χ1v) is 12.6. The second-order valence-electron chi connectivity index (χ2n) is 8.91. The van der Waals surface area contributed by atoms with Crippen molar-refractivity contribution < 1.29 is 19.1 Å². The predicted molar refractivity (Wildman–Crippen MR) is 137 cm³/mol. The quantitative estimate of drug-likeness (QED) is 0.399. The van der Waals surface area contributed by atoms with E-state index in [0.29, 0.717) is 28.5 Å². The molecule has 2 aromatic heterocycles. The monoisotopic (exact) mass is 515 g/mol. The highest BCUT2D eigenvalue weighted by atomic mass is 32.1. The van der Waals surface area contributed by atoms with Gasteiger partial charge in [0.1, 0.15) is 33.0 Å². The van der Waals surface area contributed by atoms with Crippen molar-refractivity contribution in [3.63, 3.8) is 0 Å². The lowest BCUT2D eigenvalue weighted by molar-refractivity contribution is -0.135. The van der Waals surface area contributed by atoms with Crippen LogP contribution in [0.25, 0.3) is 21.5 Å². The zero-order valence-corrected chi connectivity index (χ0v) is 20.6. The molecule has 1 atom stereocenters. The molecule has 6 rings (SSSR count). The fraction of sp³-hybridized carbons (Fsp3) is 0.231. The SMILES string of the molecule is Cc1nc2c(NC(=O)c3cnc(-c4ccc5c(c4)CCO5)s3)cccc2c(=O)n1C1CCC(=O)NC1=O. The van der Waals surface area contributed by atoms with Crippen LogP contribution in [-0.2, 0) is 16.0 Å². The summed E-state index contributed by atoms with van der Waals surface area (Å²) in [4.78, 5) is 59.8. The Morgan fingerprint density at radius 3 is 2.89 bits per heavy atom. The average Bonchev–Trinajstić information content (AvgIpc) is 3.55. The van der Waals surface area contributed by atoms with Crippen molar-refractivity contribution >= 4 is 45.6 Å². The van der Waals surface area contributed by atoms with Crippen LogP contribution in [-0.4, -0.2) is 38.9 Å². The molecular weight excluding hydrogens is 494 g/mol. The zero-order chi connectivity index (χ0) is 25.7. The maximum absolute atomic E-state index is 13.4. The van der Waals surface area contributed by atoms with Gasteiger partial charge < -0.3 is 10.1 Å². The Hall–Kier alpha value is -4.38. The van der Waals surface area contributed by atoms with Crippen LogP contribution in [0.4, 0.5) is 5.69 Å². The first-order chi connectivity index (χ1) is 17.9. The Balaban J connectivity index is 1.29. The summed E-state index contributed by atoms with van der Waals surface area (Å²) in [6.07, 6.45) is 2.74. The molecule has 4 heterocycles. The molecule has 0 spiro atoms. The lowest BCUT2D eigenvalue weighted by Gasteiger charge is -2.24. The van der Waals surface area contributed by atoms with E-state index in [9.17, 15) is 19.2 Å². The number of imide groups is 1. The number of aryl methyl sites for hydroxylation is 1. The summed E-state index contributed by atoms with van der Waals surface area (Å²) in [5, 5.41) is 6.11. The molecule has 2 aliphatic heterocycles. The van der Waals surface area contributed by atoms with Gasteiger partial charge in [-0.05, 0) is 49.2 Å². The number of amides is 3. The van der Waals surface area contributed by atoms with Crippen LogP contribution in [0.1, 0.15) is 39.9 Å². The van der Waals surface area contributed by atoms with Crippen molar-refractivity contribution in [1.29, 1.82) is 0 Å². The van der Waals surface area contributed by atoms with Crippen LogP contribution in [0.2, 0.25) is 0 Å². The first kappa shape index (κ1) is 23.0. The lowest BCUT2D eigenvalue weighted by Crippen LogP contribution is -2.45. The molecule has 0 saturated carbocycles. The second-order valence-corrected chi connectivity index (χ2v) is 9.94. The third kappa shape index (κ3) is 4.06. The Morgan fingerprint density at radius 2 is 2.05 bits per heavy atom. The first-order valence-electron chi connectivity index (χ1n) is 11.8. The summed E-state index contributed by atoms with van der Waals surface area (Å²) in [5.41, 5.74) is 2.34. The van der Waals surface area contributed by atoms with Crippen molar-refractivity contribution in [3.8, 4) is 16.3 Å². The minimum absolute atomic E-state index is 0.145. The number of rotatable bonds is 4. The number of ether oxygens (including phenoxy) is 1. The van der Waals surface area contributed by atoms with Gasteiger partial charge in [-0.15, -0.1) is 11.3 Å². The number of fused-ring (bicyclic) bond motifs is 2. The second kappa shape index (κ2) is 8.93. The van der Waals surface area contributed by atoms with Crippen molar-refractivity contribution in [3.05, 3.63) is 69.2 Å². The number of para-hydroxylation sites is 1. The number of carbonyl (C=O) groups excluding carboxylic acids is 3. The normalized spacial score (nSPS) is 16.8. The van der Waals surface area contributed by atoms with E-state index in [1.165, 1.54) is 22.1 Å². The third-order valence-corrected chi connectivity index (χ3v) is 7.59. The van der Waals surface area contributed by atoms with Gasteiger partial charge >= 0.3 is 0 Å². The number of anilines is 1. The molecule has 0 bridgehead atoms. The van der Waals surface area contributed by atoms with Gasteiger partial charge in [0, 0.05) is 18.4 Å². The van der Waals surface area contributed by atoms with Crippen LogP contribution in [0, 0.1) is 6.92 Å². The molecule has 2 N–H and O–H groups in total. The summed E-state index contributed by atoms with van der Waals surface area (Å²) >= 11 is 1.27. The summed E-state index contributed by atoms with van der Waals surface area (Å²) < 4.78 is 6.87. The average molecular weight is 516 g/mol. The Labute approximate surface area is 214 Å². The van der Waals surface area contributed by atoms with Crippen LogP contribution in [0.15, 0.2) is 47.4 Å². The number of thiazole rings is 1. The third-order valence-electron chi connectivity index (χ3n) is 6.54. The minimum Gasteiger partial charge on any atom is -0.493 e. The van der Waals surface area contributed by atoms with Crippen LogP contribution < -0.4 is 20.9 Å². The number of nitrogens with one attached hydrogen (secondary N) is 2. The van der Waals surface area contributed by atoms with Crippen LogP contribution >= 0.6 is 11.3 Å². The van der Waals surface area contributed by atoms with E-state index in [4.69, 9.17) is 4.74 Å². The van der Waals surface area contributed by atoms with E-state index in [1.807, 2.05) is 18.2 Å². The van der Waals surface area contributed by atoms with Gasteiger partial charge in [-0.3, -0.25) is 29.1 Å². The van der Waals surface area contributed by atoms with Crippen LogP contribution in [0.3, 0.4) is 0 Å². The molecule has 0 radical (unpaired) electrons. The van der Waals surface area contributed by atoms with Crippen molar-refractivity contribution in [2.75, 3.05) is 11.9 Å². The number of benzene rings is 2. The number of aromatic nitrogens is 3. The van der Waals surface area contributed by atoms with Gasteiger partial charge in [-0.1, -0.05) is 6.07 Å². The molecule has 10 nitrogen and oxygen atoms in total. The molecule has 186 valence electrons. The maximum atomic E-state index is 13.4. The maximum Gasteiger partial charge on any atom is 0.267 e. The number of piperidine rings is 1. The smallest absolute Gasteiger partial charge is 0.267 e. The van der Waals surface area contributed by atoms with Gasteiger partial charge in [0.15, 0.2) is 0 Å². The molecule has 2 aromatic carbocycles. The number of hydrogen-bond acceptors (Lipinski definition) is 8. The summed E-state index contributed by atoms with van der Waals surface area (Å²) in [6.45, 7) is 2.29. The molecule has 0 aliphatic carbocycles. The molecule has 1 saturated heterocycles. The number of carbonyl (C=O) groups is 3. The van der Waals surface area contributed by atoms with E-state index < -0.39 is 17.5 Å². The molecule has 2 aliphatic rings. The Bertz CT molecular complexity index is 1670. The van der Waals surface area contributed by atoms with E-state index in [2.05, 4.69) is 20.6 Å². The van der Waals surface area contributed by atoms with E-state index >= 15 is 0 Å². The van der Waals surface area contributed by atoms with Gasteiger partial charge in [-0.2, -0.15) is 0 Å². The molecule has 1 fully saturated rings. The van der Waals surface area contributed by atoms with E-state index in [1.54, 1.807) is 25.1 Å². The molecule has 4 aromatic rings. The fourth-order valence-corrected chi connectivity index (χ4v) is 5.55. The minimum atomic E-state index is -0.818. The van der Waals surface area contributed by atoms with Gasteiger partial charge in [-0.25, -0.2) is 9.97 Å². The summed E-state index contributed by atoms with van der Waals surface area (Å²) in [5.74, 6) is -0.0522. The fourth-order valence-electron chi connectivity index (χ4n) is 4.74. The van der Waals surface area contributed by atoms with Gasteiger partial charge in [0.05, 0.1) is 23.9 Å². The molecule has 1 unspecified atom stereocenters. The topological polar surface area (TPSA) is 132 Å². The standard InChI is InChI=1S/C26H21N5O5S/c1-13-28-22-16(26(35)31(13)18-6-8-21(32)30-23(18)33)3-2-4-17(22)29-24(34)20-12-27-25(37-20)15-5-7-19-14(11-15)9-10-36-19/h2-5,7,11-12,18H,6,8-10H2,1H3,(H,29,34)(H,30,32,33). The number of hydrogen-bond donors (Lipinski definition) is 2. The lowest BCUT2D eigenvalue weighted by atomic mass is 10.1. The molecule has 37 heavy (non-hydrogen) atoms. The Kier molecular flexibility index (Phi) is 5.56. The zero-order valence-electron chi connectivity index (χ0n) is 19.7. The van der Waals surface area contributed by atoms with E-state index in [-0.39, 0.29) is 30.0 Å². The number of nitrogens with zero attached hydrogens (tertiary/aromatic N) is 3. The van der Waals surface area contributed by atoms with Crippen molar-refractivity contribution in [2.24, 2.45) is 0 Å². The highest BCUT2D eigenvalue weighted by Crippen LogP contribution is 2.33. The van der Waals surface area contributed by atoms with Crippen molar-refractivity contribution in [1.82, 2.24) is 19.9 Å². The van der Waals surface area contributed by atoms with Crippen LogP contribution in [0.5, 0.6) is 5.75 Å². The highest BCUT2D eigenvalue weighted by Gasteiger charge is 2.30. The molecule has 3 amide bonds. The van der Waals surface area contributed by atoms with Crippen molar-refractivity contribution in [2.45, 2.75) is 32.2 Å². The van der Waals surface area contributed by atoms with Gasteiger partial charge in [0.25, 0.3) is 11.5 Å². The summed E-state index contributed by atoms with van der Waals surface area (Å²) in [6, 6.07) is 9.99. The van der Waals surface area contributed by atoms with E-state index in [0.717, 1.165) is 28.3 Å². The predicted octanol–water partition coefficient (Wildman–Crippen LogP) is 2.99. The largest absolute Gasteiger partial charge is 0.493 e. The molecule has 11 heteroatoms. The van der Waals surface area contributed by atoms with Gasteiger partial charge in [0.2, 0.25) is 11.8 Å². The Morgan fingerprint density at radius 1 is 1.19 bits per heavy atom. The molecular formula is C26H21N5O5S.